The Bertz CT molecular complexity index is 810. The number of aromatic nitrogens is 1. The highest BCUT2D eigenvalue weighted by molar-refractivity contribution is 6.22. The van der Waals surface area contributed by atoms with Gasteiger partial charge in [0.05, 0.1) is 5.56 Å². The second kappa shape index (κ2) is 3.92. The number of aromatic amines is 1. The number of pyridine rings is 1. The summed E-state index contributed by atoms with van der Waals surface area (Å²) in [6.07, 6.45) is 0.545. The van der Waals surface area contributed by atoms with Gasteiger partial charge in [0.1, 0.15) is 11.6 Å². The number of carbonyl (C=O) groups excluding carboxylic acids is 1. The lowest BCUT2D eigenvalue weighted by molar-refractivity contribution is 0.104. The van der Waals surface area contributed by atoms with Crippen LogP contribution in [0.4, 0.5) is 0 Å². The van der Waals surface area contributed by atoms with Gasteiger partial charge >= 0.3 is 0 Å². The van der Waals surface area contributed by atoms with Crippen LogP contribution in [-0.2, 0) is 6.42 Å². The van der Waals surface area contributed by atoms with Crippen LogP contribution >= 0.6 is 0 Å². The fraction of sp³-hybridized carbons (Fsp3) is 0.133. The Kier molecular flexibility index (Phi) is 2.36. The Balaban J connectivity index is 2.53. The summed E-state index contributed by atoms with van der Waals surface area (Å²) in [5, 5.41) is 9.18. The first-order valence-electron chi connectivity index (χ1n) is 6.02. The first-order chi connectivity index (χ1) is 9.19. The molecule has 1 N–H and O–H groups in total. The Hall–Kier alpha value is -2.67. The highest BCUT2D eigenvalue weighted by Gasteiger charge is 2.32. The van der Waals surface area contributed by atoms with E-state index in [9.17, 15) is 14.9 Å². The zero-order valence-electron chi connectivity index (χ0n) is 10.3. The van der Waals surface area contributed by atoms with Crippen LogP contribution in [0.2, 0.25) is 0 Å². The van der Waals surface area contributed by atoms with E-state index in [0.29, 0.717) is 34.4 Å². The summed E-state index contributed by atoms with van der Waals surface area (Å²) in [6.45, 7) is 1.87. The van der Waals surface area contributed by atoms with Crippen LogP contribution in [0.1, 0.15) is 34.1 Å². The number of carbonyl (C=O) groups is 1. The van der Waals surface area contributed by atoms with Gasteiger partial charge in [-0.2, -0.15) is 5.26 Å². The summed E-state index contributed by atoms with van der Waals surface area (Å²) in [5.74, 6) is -0.116. The van der Waals surface area contributed by atoms with E-state index in [2.05, 4.69) is 4.98 Å². The molecule has 0 saturated carbocycles. The second-order valence-electron chi connectivity index (χ2n) is 4.40. The molecule has 1 aliphatic rings. The molecule has 1 aromatic carbocycles. The molecule has 0 radical (unpaired) electrons. The molecule has 92 valence electrons. The van der Waals surface area contributed by atoms with Crippen LogP contribution in [0.15, 0.2) is 29.1 Å². The van der Waals surface area contributed by atoms with Crippen LogP contribution in [0, 0.1) is 11.3 Å². The Morgan fingerprint density at radius 1 is 1.16 bits per heavy atom. The molecular weight excluding hydrogens is 240 g/mol. The van der Waals surface area contributed by atoms with Crippen LogP contribution in [0.25, 0.3) is 11.1 Å². The minimum absolute atomic E-state index is 0.0190. The van der Waals surface area contributed by atoms with Crippen molar-refractivity contribution in [2.75, 3.05) is 0 Å². The van der Waals surface area contributed by atoms with Gasteiger partial charge in [-0.05, 0) is 12.0 Å². The van der Waals surface area contributed by atoms with Crippen molar-refractivity contribution in [1.29, 1.82) is 5.26 Å². The number of aryl methyl sites for hydroxylation is 1. The highest BCUT2D eigenvalue weighted by Crippen LogP contribution is 2.38. The molecule has 4 heteroatoms. The topological polar surface area (TPSA) is 73.7 Å². The van der Waals surface area contributed by atoms with E-state index < -0.39 is 5.56 Å². The fourth-order valence-electron chi connectivity index (χ4n) is 2.58. The number of nitrogens with zero attached hydrogens (tertiary/aromatic N) is 1. The standard InChI is InChI=1S/C15H10N2O2/c1-2-11-13-12(10(7-16)15(19)17-11)8-5-3-4-6-9(8)14(13)18/h3-6H,2H2,1H3,(H,17,19). The third-order valence-corrected chi connectivity index (χ3v) is 3.43. The van der Waals surface area contributed by atoms with Gasteiger partial charge in [0.15, 0.2) is 5.78 Å². The van der Waals surface area contributed by atoms with Crippen molar-refractivity contribution >= 4 is 5.78 Å². The van der Waals surface area contributed by atoms with Gasteiger partial charge < -0.3 is 4.98 Å². The van der Waals surface area contributed by atoms with Gasteiger partial charge in [-0.3, -0.25) is 9.59 Å². The van der Waals surface area contributed by atoms with Gasteiger partial charge in [-0.25, -0.2) is 0 Å². The average molecular weight is 250 g/mol. The molecule has 3 rings (SSSR count). The zero-order valence-corrected chi connectivity index (χ0v) is 10.3. The lowest BCUT2D eigenvalue weighted by Gasteiger charge is -2.06. The third kappa shape index (κ3) is 1.39. The molecule has 0 atom stereocenters. The summed E-state index contributed by atoms with van der Waals surface area (Å²) in [4.78, 5) is 27.0. The average Bonchev–Trinajstić information content (AvgIpc) is 2.73. The molecule has 1 aromatic heterocycles. The van der Waals surface area contributed by atoms with E-state index in [1.807, 2.05) is 13.0 Å². The van der Waals surface area contributed by atoms with Crippen molar-refractivity contribution in [3.05, 3.63) is 57.0 Å². The molecule has 1 heterocycles. The fourth-order valence-corrected chi connectivity index (χ4v) is 2.58. The number of hydrogen-bond acceptors (Lipinski definition) is 3. The van der Waals surface area contributed by atoms with Crippen LogP contribution < -0.4 is 5.56 Å². The minimum Gasteiger partial charge on any atom is -0.324 e. The number of ketones is 1. The van der Waals surface area contributed by atoms with Crippen molar-refractivity contribution in [2.45, 2.75) is 13.3 Å². The third-order valence-electron chi connectivity index (χ3n) is 3.43. The van der Waals surface area contributed by atoms with Crippen molar-refractivity contribution in [2.24, 2.45) is 0 Å². The first kappa shape index (κ1) is 11.4. The molecule has 0 fully saturated rings. The van der Waals surface area contributed by atoms with Gasteiger partial charge in [0, 0.05) is 16.8 Å². The molecular formula is C15H10N2O2. The molecule has 0 aliphatic heterocycles. The Labute approximate surface area is 109 Å². The maximum atomic E-state index is 12.4. The number of nitrogens with one attached hydrogen (secondary N) is 1. The van der Waals surface area contributed by atoms with E-state index in [1.165, 1.54) is 0 Å². The second-order valence-corrected chi connectivity index (χ2v) is 4.40. The lowest BCUT2D eigenvalue weighted by atomic mass is 10.00. The van der Waals surface area contributed by atoms with Gasteiger partial charge in [-0.15, -0.1) is 0 Å². The smallest absolute Gasteiger partial charge is 0.266 e. The summed E-state index contributed by atoms with van der Waals surface area (Å²) < 4.78 is 0. The van der Waals surface area contributed by atoms with Gasteiger partial charge in [0.25, 0.3) is 5.56 Å². The molecule has 4 nitrogen and oxygen atoms in total. The van der Waals surface area contributed by atoms with E-state index >= 15 is 0 Å². The molecule has 0 bridgehead atoms. The number of benzene rings is 1. The van der Waals surface area contributed by atoms with E-state index in [0.717, 1.165) is 0 Å². The van der Waals surface area contributed by atoms with Gasteiger partial charge in [-0.1, -0.05) is 31.2 Å². The van der Waals surface area contributed by atoms with Crippen LogP contribution in [0.5, 0.6) is 0 Å². The van der Waals surface area contributed by atoms with Crippen LogP contribution in [0.3, 0.4) is 0 Å². The first-order valence-corrected chi connectivity index (χ1v) is 6.02. The predicted octanol–water partition coefficient (Wildman–Crippen LogP) is 2.02. The number of fused-ring (bicyclic) bond motifs is 3. The van der Waals surface area contributed by atoms with E-state index in [-0.39, 0.29) is 11.3 Å². The number of hydrogen-bond donors (Lipinski definition) is 1. The van der Waals surface area contributed by atoms with E-state index in [4.69, 9.17) is 0 Å². The lowest BCUT2D eigenvalue weighted by Crippen LogP contribution is -2.17. The number of rotatable bonds is 1. The molecule has 19 heavy (non-hydrogen) atoms. The van der Waals surface area contributed by atoms with Crippen molar-refractivity contribution in [1.82, 2.24) is 4.98 Å². The number of H-pyrrole nitrogens is 1. The maximum absolute atomic E-state index is 12.4. The summed E-state index contributed by atoms with van der Waals surface area (Å²) in [7, 11) is 0. The quantitative estimate of drug-likeness (QED) is 0.718. The molecule has 1 aliphatic carbocycles. The summed E-state index contributed by atoms with van der Waals surface area (Å²) >= 11 is 0. The Morgan fingerprint density at radius 3 is 2.47 bits per heavy atom. The van der Waals surface area contributed by atoms with Crippen LogP contribution in [-0.4, -0.2) is 10.8 Å². The molecule has 0 amide bonds. The number of nitriles is 1. The highest BCUT2D eigenvalue weighted by atomic mass is 16.1. The zero-order chi connectivity index (χ0) is 13.6. The molecule has 0 unspecified atom stereocenters. The predicted molar refractivity (Wildman–Crippen MR) is 70.0 cm³/mol. The largest absolute Gasteiger partial charge is 0.324 e. The SMILES string of the molecule is CCc1[nH]c(=O)c(C#N)c2c1C(=O)c1ccccc1-2. The Morgan fingerprint density at radius 2 is 1.84 bits per heavy atom. The van der Waals surface area contributed by atoms with E-state index in [1.54, 1.807) is 24.3 Å². The van der Waals surface area contributed by atoms with Crippen molar-refractivity contribution in [3.8, 4) is 17.2 Å². The molecule has 0 spiro atoms. The monoisotopic (exact) mass is 250 g/mol. The van der Waals surface area contributed by atoms with Crippen molar-refractivity contribution in [3.63, 3.8) is 0 Å². The maximum Gasteiger partial charge on any atom is 0.266 e. The summed E-state index contributed by atoms with van der Waals surface area (Å²) in [6, 6.07) is 8.99. The minimum atomic E-state index is -0.428. The summed E-state index contributed by atoms with van der Waals surface area (Å²) in [5.41, 5.74) is 2.39. The van der Waals surface area contributed by atoms with Crippen molar-refractivity contribution < 1.29 is 4.79 Å². The molecule has 0 saturated heterocycles. The normalized spacial score (nSPS) is 11.9. The molecule has 2 aromatic rings. The van der Waals surface area contributed by atoms with Gasteiger partial charge in [0.2, 0.25) is 0 Å².